The van der Waals surface area contributed by atoms with Crippen molar-refractivity contribution in [2.24, 2.45) is 0 Å². The molecule has 1 aromatic heterocycles. The molecule has 3 aromatic rings. The van der Waals surface area contributed by atoms with Crippen LogP contribution in [0.5, 0.6) is 0 Å². The Morgan fingerprint density at radius 1 is 1.06 bits per heavy atom. The number of nitrogens with zero attached hydrogens (tertiary/aromatic N) is 3. The Kier molecular flexibility index (Phi) is 5.30. The SMILES string of the molecule is O=C(O)c1cnn(C2CCN(C(=O)OCC3c4ccccc4-c4ccccc43)C2)c1C(F)(F)F. The number of aromatic nitrogens is 2. The van der Waals surface area contributed by atoms with Crippen LogP contribution in [0.3, 0.4) is 0 Å². The largest absolute Gasteiger partial charge is 0.478 e. The summed E-state index contributed by atoms with van der Waals surface area (Å²) < 4.78 is 46.8. The molecule has 2 heterocycles. The van der Waals surface area contributed by atoms with Gasteiger partial charge in [0.2, 0.25) is 0 Å². The zero-order valence-electron chi connectivity index (χ0n) is 17.8. The van der Waals surface area contributed by atoms with Crippen LogP contribution < -0.4 is 0 Å². The molecule has 1 atom stereocenters. The first kappa shape index (κ1) is 22.0. The van der Waals surface area contributed by atoms with Gasteiger partial charge in [-0.1, -0.05) is 48.5 Å². The number of halogens is 3. The van der Waals surface area contributed by atoms with Gasteiger partial charge in [-0.2, -0.15) is 18.3 Å². The molecule has 2 aliphatic rings. The van der Waals surface area contributed by atoms with Crippen molar-refractivity contribution in [2.75, 3.05) is 19.7 Å². The molecule has 34 heavy (non-hydrogen) atoms. The number of hydrogen-bond acceptors (Lipinski definition) is 4. The lowest BCUT2D eigenvalue weighted by molar-refractivity contribution is -0.145. The fraction of sp³-hybridized carbons (Fsp3) is 0.292. The maximum Gasteiger partial charge on any atom is 0.433 e. The van der Waals surface area contributed by atoms with Gasteiger partial charge < -0.3 is 14.7 Å². The van der Waals surface area contributed by atoms with Crippen LogP contribution in [-0.4, -0.2) is 51.5 Å². The van der Waals surface area contributed by atoms with Crippen molar-refractivity contribution in [1.29, 1.82) is 0 Å². The summed E-state index contributed by atoms with van der Waals surface area (Å²) in [6.45, 7) is 0.230. The third-order valence-electron chi connectivity index (χ3n) is 6.40. The lowest BCUT2D eigenvalue weighted by atomic mass is 9.98. The van der Waals surface area contributed by atoms with E-state index in [4.69, 9.17) is 9.84 Å². The van der Waals surface area contributed by atoms with Crippen LogP contribution in [0, 0.1) is 0 Å². The summed E-state index contributed by atoms with van der Waals surface area (Å²) in [5.74, 6) is -1.83. The van der Waals surface area contributed by atoms with E-state index in [-0.39, 0.29) is 32.0 Å². The molecule has 1 fully saturated rings. The van der Waals surface area contributed by atoms with Crippen LogP contribution in [0.4, 0.5) is 18.0 Å². The number of benzene rings is 2. The second-order valence-corrected chi connectivity index (χ2v) is 8.35. The highest BCUT2D eigenvalue weighted by atomic mass is 19.4. The van der Waals surface area contributed by atoms with Crippen LogP contribution >= 0.6 is 0 Å². The van der Waals surface area contributed by atoms with Gasteiger partial charge in [0.1, 0.15) is 12.2 Å². The van der Waals surface area contributed by atoms with Crippen molar-refractivity contribution in [3.63, 3.8) is 0 Å². The van der Waals surface area contributed by atoms with Gasteiger partial charge >= 0.3 is 18.2 Å². The molecule has 0 saturated carbocycles. The Balaban J connectivity index is 1.29. The number of alkyl halides is 3. The molecule has 5 rings (SSSR count). The molecule has 10 heteroatoms. The number of hydrogen-bond donors (Lipinski definition) is 1. The van der Waals surface area contributed by atoms with Crippen LogP contribution in [0.15, 0.2) is 54.7 Å². The van der Waals surface area contributed by atoms with E-state index in [0.717, 1.165) is 22.3 Å². The summed E-state index contributed by atoms with van der Waals surface area (Å²) in [6.07, 6.45) is -4.61. The highest BCUT2D eigenvalue weighted by Crippen LogP contribution is 2.44. The van der Waals surface area contributed by atoms with Crippen LogP contribution in [0.25, 0.3) is 11.1 Å². The van der Waals surface area contributed by atoms with Crippen molar-refractivity contribution in [3.05, 3.63) is 77.1 Å². The lowest BCUT2D eigenvalue weighted by Gasteiger charge is -2.20. The normalized spacial score (nSPS) is 17.5. The van der Waals surface area contributed by atoms with Gasteiger partial charge in [-0.15, -0.1) is 0 Å². The van der Waals surface area contributed by atoms with Crippen molar-refractivity contribution in [2.45, 2.75) is 24.6 Å². The third kappa shape index (κ3) is 3.68. The third-order valence-corrected chi connectivity index (χ3v) is 6.40. The molecular weight excluding hydrogens is 451 g/mol. The Morgan fingerprint density at radius 2 is 1.68 bits per heavy atom. The molecule has 1 amide bonds. The quantitative estimate of drug-likeness (QED) is 0.591. The fourth-order valence-electron chi connectivity index (χ4n) is 4.87. The summed E-state index contributed by atoms with van der Waals surface area (Å²) >= 11 is 0. The Morgan fingerprint density at radius 3 is 2.26 bits per heavy atom. The molecule has 176 valence electrons. The zero-order chi connectivity index (χ0) is 24.0. The van der Waals surface area contributed by atoms with E-state index in [1.54, 1.807) is 0 Å². The van der Waals surface area contributed by atoms with Gasteiger partial charge in [0.15, 0.2) is 5.69 Å². The smallest absolute Gasteiger partial charge is 0.433 e. The average molecular weight is 471 g/mol. The van der Waals surface area contributed by atoms with Crippen LogP contribution in [-0.2, 0) is 10.9 Å². The van der Waals surface area contributed by atoms with Gasteiger partial charge in [0.25, 0.3) is 0 Å². The van der Waals surface area contributed by atoms with Crippen molar-refractivity contribution < 1.29 is 32.6 Å². The molecule has 2 aromatic carbocycles. The molecule has 1 unspecified atom stereocenters. The van der Waals surface area contributed by atoms with E-state index in [0.29, 0.717) is 10.9 Å². The van der Waals surface area contributed by atoms with Crippen LogP contribution in [0.1, 0.15) is 45.6 Å². The summed E-state index contributed by atoms with van der Waals surface area (Å²) in [6, 6.07) is 15.0. The predicted molar refractivity (Wildman–Crippen MR) is 114 cm³/mol. The first-order chi connectivity index (χ1) is 16.3. The maximum absolute atomic E-state index is 13.5. The summed E-state index contributed by atoms with van der Waals surface area (Å²) in [5, 5.41) is 12.8. The van der Waals surface area contributed by atoms with Crippen molar-refractivity contribution >= 4 is 12.1 Å². The monoisotopic (exact) mass is 471 g/mol. The Hall–Kier alpha value is -3.82. The molecule has 1 N–H and O–H groups in total. The van der Waals surface area contributed by atoms with E-state index in [1.165, 1.54) is 4.90 Å². The number of carbonyl (C=O) groups is 2. The summed E-state index contributed by atoms with van der Waals surface area (Å²) in [5.41, 5.74) is 2.07. The first-order valence-electron chi connectivity index (χ1n) is 10.7. The van der Waals surface area contributed by atoms with Gasteiger partial charge in [0.05, 0.1) is 12.2 Å². The minimum atomic E-state index is -4.89. The lowest BCUT2D eigenvalue weighted by Crippen LogP contribution is -2.31. The van der Waals surface area contributed by atoms with Gasteiger partial charge in [-0.05, 0) is 28.7 Å². The van der Waals surface area contributed by atoms with E-state index in [9.17, 15) is 22.8 Å². The van der Waals surface area contributed by atoms with E-state index >= 15 is 0 Å². The average Bonchev–Trinajstić information content (AvgIpc) is 3.52. The van der Waals surface area contributed by atoms with Crippen LogP contribution in [0.2, 0.25) is 0 Å². The molecule has 7 nitrogen and oxygen atoms in total. The second kappa shape index (κ2) is 8.19. The number of amides is 1. The number of carboxylic acids is 1. The molecule has 0 spiro atoms. The minimum Gasteiger partial charge on any atom is -0.478 e. The molecular formula is C24H20F3N3O4. The fourth-order valence-corrected chi connectivity index (χ4v) is 4.87. The number of rotatable bonds is 4. The molecule has 0 radical (unpaired) electrons. The van der Waals surface area contributed by atoms with Gasteiger partial charge in [0, 0.05) is 19.0 Å². The maximum atomic E-state index is 13.5. The highest BCUT2D eigenvalue weighted by Gasteiger charge is 2.43. The number of carbonyl (C=O) groups excluding carboxylic acids is 1. The molecule has 1 saturated heterocycles. The summed E-state index contributed by atoms with van der Waals surface area (Å²) in [7, 11) is 0. The summed E-state index contributed by atoms with van der Waals surface area (Å²) in [4.78, 5) is 25.3. The van der Waals surface area contributed by atoms with E-state index in [2.05, 4.69) is 5.10 Å². The van der Waals surface area contributed by atoms with Crippen molar-refractivity contribution in [1.82, 2.24) is 14.7 Å². The number of aromatic carboxylic acids is 1. The zero-order valence-corrected chi connectivity index (χ0v) is 17.8. The number of ether oxygens (including phenoxy) is 1. The molecule has 1 aliphatic carbocycles. The number of fused-ring (bicyclic) bond motifs is 3. The van der Waals surface area contributed by atoms with Crippen molar-refractivity contribution in [3.8, 4) is 11.1 Å². The standard InChI is InChI=1S/C24H20F3N3O4/c25-24(26,27)21-19(22(31)32)11-28-30(21)14-9-10-29(12-14)23(33)34-13-20-17-7-3-1-5-15(17)16-6-2-4-8-18(16)20/h1-8,11,14,20H,9-10,12-13H2,(H,31,32). The minimum absolute atomic E-state index is 0.0551. The van der Waals surface area contributed by atoms with Gasteiger partial charge in [-0.25, -0.2) is 9.59 Å². The second-order valence-electron chi connectivity index (χ2n) is 8.35. The Labute approximate surface area is 192 Å². The predicted octanol–water partition coefficient (Wildman–Crippen LogP) is 4.80. The number of likely N-dealkylation sites (tertiary alicyclic amines) is 1. The topological polar surface area (TPSA) is 84.7 Å². The highest BCUT2D eigenvalue weighted by molar-refractivity contribution is 5.88. The van der Waals surface area contributed by atoms with E-state index in [1.807, 2.05) is 48.5 Å². The van der Waals surface area contributed by atoms with Gasteiger partial charge in [-0.3, -0.25) is 4.68 Å². The first-order valence-corrected chi connectivity index (χ1v) is 10.7. The Bertz CT molecular complexity index is 1220. The molecule has 0 bridgehead atoms. The molecule has 1 aliphatic heterocycles. The van der Waals surface area contributed by atoms with E-state index < -0.39 is 35.5 Å². The number of carboxylic acid groups (broad SMARTS) is 1.